The predicted octanol–water partition coefficient (Wildman–Crippen LogP) is 3.17. The van der Waals surface area contributed by atoms with Gasteiger partial charge in [-0.05, 0) is 48.9 Å². The number of benzene rings is 2. The minimum Gasteiger partial charge on any atom is -0.355 e. The minimum atomic E-state index is -4.50. The van der Waals surface area contributed by atoms with Gasteiger partial charge < -0.3 is 5.32 Å². The maximum atomic E-state index is 12.5. The number of amides is 1. The van der Waals surface area contributed by atoms with Crippen LogP contribution in [-0.4, -0.2) is 21.4 Å². The van der Waals surface area contributed by atoms with Crippen LogP contribution in [0.1, 0.15) is 21.5 Å². The molecule has 0 aromatic heterocycles. The molecule has 0 saturated carbocycles. The summed E-state index contributed by atoms with van der Waals surface area (Å²) in [7, 11) is -2.63. The van der Waals surface area contributed by atoms with Crippen LogP contribution in [0.25, 0.3) is 0 Å². The van der Waals surface area contributed by atoms with Gasteiger partial charge in [-0.2, -0.15) is 13.2 Å². The van der Waals surface area contributed by atoms with Crippen molar-refractivity contribution in [2.45, 2.75) is 18.0 Å². The van der Waals surface area contributed by atoms with Crippen LogP contribution in [0, 0.1) is 6.92 Å². The Morgan fingerprint density at radius 2 is 1.64 bits per heavy atom. The predicted molar refractivity (Wildman–Crippen MR) is 86.8 cm³/mol. The molecule has 0 aliphatic carbocycles. The highest BCUT2D eigenvalue weighted by Gasteiger charge is 2.30. The third-order valence-corrected chi connectivity index (χ3v) is 4.83. The molecule has 0 radical (unpaired) electrons. The van der Waals surface area contributed by atoms with E-state index in [0.717, 1.165) is 24.3 Å². The molecular weight excluding hydrogens is 357 g/mol. The van der Waals surface area contributed by atoms with E-state index >= 15 is 0 Å². The highest BCUT2D eigenvalue weighted by Crippen LogP contribution is 2.30. The van der Waals surface area contributed by atoms with E-state index in [4.69, 9.17) is 0 Å². The Hall–Kier alpha value is -2.55. The van der Waals surface area contributed by atoms with Crippen LogP contribution in [0.2, 0.25) is 0 Å². The van der Waals surface area contributed by atoms with Gasteiger partial charge >= 0.3 is 6.18 Å². The maximum absolute atomic E-state index is 12.5. The van der Waals surface area contributed by atoms with E-state index in [9.17, 15) is 26.4 Å². The van der Waals surface area contributed by atoms with Crippen molar-refractivity contribution < 1.29 is 26.4 Å². The van der Waals surface area contributed by atoms with Crippen LogP contribution in [0.4, 0.5) is 18.9 Å². The summed E-state index contributed by atoms with van der Waals surface area (Å²) in [5, 5.41) is 2.41. The summed E-state index contributed by atoms with van der Waals surface area (Å²) >= 11 is 0. The summed E-state index contributed by atoms with van der Waals surface area (Å²) in [5.41, 5.74) is -0.117. The van der Waals surface area contributed by atoms with Gasteiger partial charge in [0, 0.05) is 18.3 Å². The molecule has 2 N–H and O–H groups in total. The molecule has 2 rings (SSSR count). The summed E-state index contributed by atoms with van der Waals surface area (Å²) in [6, 6.07) is 7.61. The molecule has 25 heavy (non-hydrogen) atoms. The Labute approximate surface area is 142 Å². The molecule has 0 unspecified atom stereocenters. The van der Waals surface area contributed by atoms with Crippen molar-refractivity contribution in [3.8, 4) is 0 Å². The van der Waals surface area contributed by atoms with Crippen LogP contribution in [0.5, 0.6) is 0 Å². The molecule has 1 amide bonds. The van der Waals surface area contributed by atoms with Gasteiger partial charge in [0.15, 0.2) is 0 Å². The Morgan fingerprint density at radius 1 is 1.04 bits per heavy atom. The number of halogens is 3. The normalized spacial score (nSPS) is 11.9. The first-order valence-electron chi connectivity index (χ1n) is 7.07. The van der Waals surface area contributed by atoms with E-state index in [1.807, 2.05) is 0 Å². The van der Waals surface area contributed by atoms with Crippen molar-refractivity contribution in [3.05, 3.63) is 59.2 Å². The molecule has 0 spiro atoms. The van der Waals surface area contributed by atoms with Crippen LogP contribution < -0.4 is 10.0 Å². The third-order valence-electron chi connectivity index (χ3n) is 3.46. The first-order valence-corrected chi connectivity index (χ1v) is 8.56. The average molecular weight is 372 g/mol. The summed E-state index contributed by atoms with van der Waals surface area (Å²) < 4.78 is 64.6. The van der Waals surface area contributed by atoms with Crippen molar-refractivity contribution in [1.29, 1.82) is 0 Å². The Morgan fingerprint density at radius 3 is 2.16 bits per heavy atom. The van der Waals surface area contributed by atoms with Gasteiger partial charge in [-0.1, -0.05) is 6.07 Å². The van der Waals surface area contributed by atoms with Gasteiger partial charge in [0.25, 0.3) is 15.9 Å². The number of sulfonamides is 1. The summed E-state index contributed by atoms with van der Waals surface area (Å²) in [6.45, 7) is 1.66. The second-order valence-corrected chi connectivity index (χ2v) is 6.92. The summed E-state index contributed by atoms with van der Waals surface area (Å²) in [6.07, 6.45) is -4.50. The number of alkyl halides is 3. The minimum absolute atomic E-state index is 0.0185. The molecule has 2 aromatic rings. The lowest BCUT2D eigenvalue weighted by atomic mass is 10.1. The number of carbonyl (C=O) groups is 1. The fourth-order valence-corrected chi connectivity index (χ4v) is 3.17. The van der Waals surface area contributed by atoms with E-state index in [1.54, 1.807) is 6.92 Å². The standard InChI is InChI=1S/C16H15F3N2O3S/c1-10-3-8-13(9-14(10)15(22)20-2)25(23,24)21-12-6-4-11(5-7-12)16(17,18)19/h3-9,21H,1-2H3,(H,20,22). The number of hydrogen-bond donors (Lipinski definition) is 2. The van der Waals surface area contributed by atoms with E-state index in [1.165, 1.54) is 25.2 Å². The molecule has 0 heterocycles. The first kappa shape index (κ1) is 18.8. The highest BCUT2D eigenvalue weighted by molar-refractivity contribution is 7.92. The zero-order valence-corrected chi connectivity index (χ0v) is 14.1. The molecule has 0 bridgehead atoms. The SMILES string of the molecule is CNC(=O)c1cc(S(=O)(=O)Nc2ccc(C(F)(F)F)cc2)ccc1C. The maximum Gasteiger partial charge on any atom is 0.416 e. The molecule has 134 valence electrons. The van der Waals surface area contributed by atoms with Crippen molar-refractivity contribution in [2.75, 3.05) is 11.8 Å². The van der Waals surface area contributed by atoms with Crippen molar-refractivity contribution >= 4 is 21.6 Å². The number of aryl methyl sites for hydroxylation is 1. The Balaban J connectivity index is 2.32. The zero-order valence-electron chi connectivity index (χ0n) is 13.3. The first-order chi connectivity index (χ1) is 11.5. The molecule has 2 aromatic carbocycles. The molecule has 0 atom stereocenters. The monoisotopic (exact) mass is 372 g/mol. The molecule has 0 aliphatic heterocycles. The molecule has 5 nitrogen and oxygen atoms in total. The van der Waals surface area contributed by atoms with Gasteiger partial charge in [0.2, 0.25) is 0 Å². The van der Waals surface area contributed by atoms with Crippen molar-refractivity contribution in [1.82, 2.24) is 5.32 Å². The number of nitrogens with one attached hydrogen (secondary N) is 2. The third kappa shape index (κ3) is 4.30. The number of hydrogen-bond acceptors (Lipinski definition) is 3. The largest absolute Gasteiger partial charge is 0.416 e. The smallest absolute Gasteiger partial charge is 0.355 e. The number of anilines is 1. The molecule has 0 fully saturated rings. The van der Waals surface area contributed by atoms with E-state index < -0.39 is 27.7 Å². The van der Waals surface area contributed by atoms with Crippen LogP contribution in [0.3, 0.4) is 0 Å². The lowest BCUT2D eigenvalue weighted by Crippen LogP contribution is -2.20. The molecule has 9 heteroatoms. The second kappa shape index (κ2) is 6.75. The second-order valence-electron chi connectivity index (χ2n) is 5.24. The van der Waals surface area contributed by atoms with E-state index in [2.05, 4.69) is 10.0 Å². The topological polar surface area (TPSA) is 75.3 Å². The fraction of sp³-hybridized carbons (Fsp3) is 0.188. The Bertz CT molecular complexity index is 892. The molecule has 0 saturated heterocycles. The van der Waals surface area contributed by atoms with Crippen molar-refractivity contribution in [2.24, 2.45) is 0 Å². The van der Waals surface area contributed by atoms with E-state index in [-0.39, 0.29) is 16.1 Å². The van der Waals surface area contributed by atoms with Gasteiger partial charge in [-0.15, -0.1) is 0 Å². The van der Waals surface area contributed by atoms with Crippen LogP contribution in [0.15, 0.2) is 47.4 Å². The summed E-state index contributed by atoms with van der Waals surface area (Å²) in [5.74, 6) is -0.441. The molecular formula is C16H15F3N2O3S. The Kier molecular flexibility index (Phi) is 5.07. The lowest BCUT2D eigenvalue weighted by Gasteiger charge is -2.12. The van der Waals surface area contributed by atoms with Gasteiger partial charge in [-0.3, -0.25) is 9.52 Å². The summed E-state index contributed by atoms with van der Waals surface area (Å²) in [4.78, 5) is 11.6. The van der Waals surface area contributed by atoms with E-state index in [0.29, 0.717) is 5.56 Å². The van der Waals surface area contributed by atoms with Gasteiger partial charge in [-0.25, -0.2) is 8.42 Å². The van der Waals surface area contributed by atoms with Crippen LogP contribution in [-0.2, 0) is 16.2 Å². The highest BCUT2D eigenvalue weighted by atomic mass is 32.2. The average Bonchev–Trinajstić information content (AvgIpc) is 2.53. The molecule has 0 aliphatic rings. The number of rotatable bonds is 4. The number of carbonyl (C=O) groups excluding carboxylic acids is 1. The lowest BCUT2D eigenvalue weighted by molar-refractivity contribution is -0.137. The zero-order chi connectivity index (χ0) is 18.8. The fourth-order valence-electron chi connectivity index (χ4n) is 2.09. The van der Waals surface area contributed by atoms with Gasteiger partial charge in [0.05, 0.1) is 10.5 Å². The van der Waals surface area contributed by atoms with Crippen LogP contribution >= 0.6 is 0 Å². The quantitative estimate of drug-likeness (QED) is 0.866. The van der Waals surface area contributed by atoms with Gasteiger partial charge in [0.1, 0.15) is 0 Å². The van der Waals surface area contributed by atoms with Crippen molar-refractivity contribution in [3.63, 3.8) is 0 Å².